The summed E-state index contributed by atoms with van der Waals surface area (Å²) in [5.41, 5.74) is 15.2. The van der Waals surface area contributed by atoms with E-state index in [1.165, 1.54) is 22.3 Å². The molecule has 270 valence electrons. The number of rotatable bonds is 9. The SMILES string of the molecule is c1ccc(-c2ccc(N(c3ccc(-c4ccccc4)cc3)c3ccc(-c4ccc(N(c5ccccc5)c5cccc6c5oc5ccccc56)cc4)cc3)cc2)cc1. The van der Waals surface area contributed by atoms with E-state index in [1.807, 2.05) is 12.1 Å². The van der Waals surface area contributed by atoms with Gasteiger partial charge in [-0.2, -0.15) is 0 Å². The lowest BCUT2D eigenvalue weighted by molar-refractivity contribution is 0.669. The van der Waals surface area contributed by atoms with Crippen molar-refractivity contribution in [3.05, 3.63) is 231 Å². The minimum Gasteiger partial charge on any atom is -0.454 e. The Balaban J connectivity index is 0.988. The van der Waals surface area contributed by atoms with Gasteiger partial charge < -0.3 is 14.2 Å². The molecule has 0 spiro atoms. The highest BCUT2D eigenvalue weighted by Gasteiger charge is 2.19. The van der Waals surface area contributed by atoms with Crippen molar-refractivity contribution in [3.63, 3.8) is 0 Å². The van der Waals surface area contributed by atoms with E-state index in [-0.39, 0.29) is 0 Å². The summed E-state index contributed by atoms with van der Waals surface area (Å²) in [6, 6.07) is 81.6. The fourth-order valence-corrected chi connectivity index (χ4v) is 7.83. The first-order chi connectivity index (χ1) is 28.3. The third-order valence-corrected chi connectivity index (χ3v) is 10.7. The van der Waals surface area contributed by atoms with E-state index in [4.69, 9.17) is 4.42 Å². The molecule has 10 aromatic rings. The number of anilines is 6. The maximum absolute atomic E-state index is 6.50. The molecule has 0 bridgehead atoms. The Morgan fingerprint density at radius 3 is 1.07 bits per heavy atom. The lowest BCUT2D eigenvalue weighted by atomic mass is 10.0. The Hall–Kier alpha value is -7.62. The van der Waals surface area contributed by atoms with Crippen molar-refractivity contribution in [1.82, 2.24) is 0 Å². The largest absolute Gasteiger partial charge is 0.454 e. The summed E-state index contributed by atoms with van der Waals surface area (Å²) in [6.45, 7) is 0. The molecule has 0 saturated heterocycles. The van der Waals surface area contributed by atoms with Gasteiger partial charge in [-0.15, -0.1) is 0 Å². The van der Waals surface area contributed by atoms with Crippen LogP contribution in [0.4, 0.5) is 34.1 Å². The molecule has 57 heavy (non-hydrogen) atoms. The van der Waals surface area contributed by atoms with E-state index in [0.717, 1.165) is 67.2 Å². The van der Waals surface area contributed by atoms with E-state index in [2.05, 4.69) is 228 Å². The Morgan fingerprint density at radius 1 is 0.246 bits per heavy atom. The zero-order valence-electron chi connectivity index (χ0n) is 31.2. The molecule has 1 heterocycles. The lowest BCUT2D eigenvalue weighted by Crippen LogP contribution is -2.10. The number of hydrogen-bond donors (Lipinski definition) is 0. The molecule has 9 aromatic carbocycles. The van der Waals surface area contributed by atoms with E-state index >= 15 is 0 Å². The highest BCUT2D eigenvalue weighted by atomic mass is 16.3. The van der Waals surface area contributed by atoms with Gasteiger partial charge in [0.05, 0.1) is 5.69 Å². The van der Waals surface area contributed by atoms with Gasteiger partial charge in [0.15, 0.2) is 5.58 Å². The highest BCUT2D eigenvalue weighted by Crippen LogP contribution is 2.43. The quantitative estimate of drug-likeness (QED) is 0.147. The van der Waals surface area contributed by atoms with Gasteiger partial charge in [-0.05, 0) is 106 Å². The van der Waals surface area contributed by atoms with Crippen LogP contribution in [0.3, 0.4) is 0 Å². The molecule has 0 fully saturated rings. The molecular weight excluding hydrogens is 693 g/mol. The molecule has 0 aliphatic carbocycles. The first kappa shape index (κ1) is 33.9. The Morgan fingerprint density at radius 2 is 0.596 bits per heavy atom. The third kappa shape index (κ3) is 6.62. The molecule has 1 aromatic heterocycles. The summed E-state index contributed by atoms with van der Waals surface area (Å²) in [5, 5.41) is 2.22. The van der Waals surface area contributed by atoms with Gasteiger partial charge in [-0.1, -0.05) is 158 Å². The second-order valence-corrected chi connectivity index (χ2v) is 14.2. The monoisotopic (exact) mass is 730 g/mol. The predicted octanol–water partition coefficient (Wildman–Crippen LogP) is 15.5. The van der Waals surface area contributed by atoms with Crippen molar-refractivity contribution in [2.45, 2.75) is 0 Å². The van der Waals surface area contributed by atoms with Crippen molar-refractivity contribution in [1.29, 1.82) is 0 Å². The average molecular weight is 731 g/mol. The number of benzene rings is 9. The minimum absolute atomic E-state index is 0.871. The van der Waals surface area contributed by atoms with Gasteiger partial charge in [-0.3, -0.25) is 0 Å². The smallest absolute Gasteiger partial charge is 0.159 e. The van der Waals surface area contributed by atoms with Crippen LogP contribution >= 0.6 is 0 Å². The van der Waals surface area contributed by atoms with Gasteiger partial charge in [0, 0.05) is 39.2 Å². The van der Waals surface area contributed by atoms with Gasteiger partial charge in [0.1, 0.15) is 5.58 Å². The molecule has 0 atom stereocenters. The van der Waals surface area contributed by atoms with Crippen LogP contribution in [0.25, 0.3) is 55.3 Å². The molecule has 3 nitrogen and oxygen atoms in total. The zero-order valence-corrected chi connectivity index (χ0v) is 31.2. The van der Waals surface area contributed by atoms with E-state index in [1.54, 1.807) is 0 Å². The van der Waals surface area contributed by atoms with Crippen LogP contribution in [0, 0.1) is 0 Å². The van der Waals surface area contributed by atoms with Crippen LogP contribution in [0.15, 0.2) is 235 Å². The van der Waals surface area contributed by atoms with Gasteiger partial charge in [0.2, 0.25) is 0 Å². The number of furan rings is 1. The standard InChI is InChI=1S/C54H38N2O/c1-4-13-39(14-5-1)41-23-31-46(32-24-41)55(47-33-25-42(26-34-47)40-15-6-2-7-16-40)48-35-27-43(28-36-48)44-29-37-49(38-30-44)56(45-17-8-3-9-18-45)52-21-12-20-51-50-19-10-11-22-53(50)57-54(51)52/h1-38H. The van der Waals surface area contributed by atoms with Crippen molar-refractivity contribution in [2.24, 2.45) is 0 Å². The summed E-state index contributed by atoms with van der Waals surface area (Å²) in [5.74, 6) is 0. The number of hydrogen-bond acceptors (Lipinski definition) is 3. The number of para-hydroxylation sites is 3. The van der Waals surface area contributed by atoms with Gasteiger partial charge >= 0.3 is 0 Å². The molecule has 3 heteroatoms. The van der Waals surface area contributed by atoms with Crippen LogP contribution < -0.4 is 9.80 Å². The fraction of sp³-hybridized carbons (Fsp3) is 0. The molecule has 0 saturated carbocycles. The molecule has 10 rings (SSSR count). The molecular formula is C54H38N2O. The lowest BCUT2D eigenvalue weighted by Gasteiger charge is -2.26. The Kier molecular flexibility index (Phi) is 8.86. The van der Waals surface area contributed by atoms with Crippen LogP contribution in [0.5, 0.6) is 0 Å². The van der Waals surface area contributed by atoms with Crippen molar-refractivity contribution < 1.29 is 4.42 Å². The van der Waals surface area contributed by atoms with E-state index in [9.17, 15) is 0 Å². The van der Waals surface area contributed by atoms with Gasteiger partial charge in [0.25, 0.3) is 0 Å². The molecule has 0 N–H and O–H groups in total. The average Bonchev–Trinajstić information content (AvgIpc) is 3.68. The minimum atomic E-state index is 0.871. The van der Waals surface area contributed by atoms with Crippen LogP contribution in [-0.2, 0) is 0 Å². The molecule has 0 aliphatic rings. The maximum atomic E-state index is 6.50. The third-order valence-electron chi connectivity index (χ3n) is 10.7. The number of fused-ring (bicyclic) bond motifs is 3. The maximum Gasteiger partial charge on any atom is 0.159 e. The van der Waals surface area contributed by atoms with Crippen molar-refractivity contribution in [3.8, 4) is 33.4 Å². The predicted molar refractivity (Wildman–Crippen MR) is 239 cm³/mol. The first-order valence-electron chi connectivity index (χ1n) is 19.3. The summed E-state index contributed by atoms with van der Waals surface area (Å²) in [6.07, 6.45) is 0. The number of nitrogens with zero attached hydrogens (tertiary/aromatic N) is 2. The normalized spacial score (nSPS) is 11.2. The Labute approximate surface area is 333 Å². The fourth-order valence-electron chi connectivity index (χ4n) is 7.83. The van der Waals surface area contributed by atoms with E-state index in [0.29, 0.717) is 0 Å². The van der Waals surface area contributed by atoms with E-state index < -0.39 is 0 Å². The van der Waals surface area contributed by atoms with Gasteiger partial charge in [-0.25, -0.2) is 0 Å². The molecule has 0 radical (unpaired) electrons. The van der Waals surface area contributed by atoms with Crippen LogP contribution in [-0.4, -0.2) is 0 Å². The topological polar surface area (TPSA) is 19.6 Å². The summed E-state index contributed by atoms with van der Waals surface area (Å²) < 4.78 is 6.50. The molecule has 0 unspecified atom stereocenters. The van der Waals surface area contributed by atoms with Crippen molar-refractivity contribution >= 4 is 56.1 Å². The first-order valence-corrected chi connectivity index (χ1v) is 19.3. The zero-order chi connectivity index (χ0) is 38.0. The van der Waals surface area contributed by atoms with Crippen LogP contribution in [0.2, 0.25) is 0 Å². The van der Waals surface area contributed by atoms with Crippen molar-refractivity contribution in [2.75, 3.05) is 9.80 Å². The second-order valence-electron chi connectivity index (χ2n) is 14.2. The molecule has 0 aliphatic heterocycles. The second kappa shape index (κ2) is 14.9. The van der Waals surface area contributed by atoms with Crippen LogP contribution in [0.1, 0.15) is 0 Å². The Bertz CT molecular complexity index is 2820. The summed E-state index contributed by atoms with van der Waals surface area (Å²) in [7, 11) is 0. The summed E-state index contributed by atoms with van der Waals surface area (Å²) >= 11 is 0. The molecule has 0 amide bonds. The highest BCUT2D eigenvalue weighted by molar-refractivity contribution is 6.10. The summed E-state index contributed by atoms with van der Waals surface area (Å²) in [4.78, 5) is 4.61.